The second-order valence-electron chi connectivity index (χ2n) is 3.48. The number of aryl methyl sites for hydroxylation is 1. The normalized spacial score (nSPS) is 10.1. The summed E-state index contributed by atoms with van der Waals surface area (Å²) < 4.78 is 0. The van der Waals surface area contributed by atoms with Gasteiger partial charge >= 0.3 is 0 Å². The van der Waals surface area contributed by atoms with Crippen LogP contribution in [0.3, 0.4) is 0 Å². The van der Waals surface area contributed by atoms with Crippen LogP contribution in [0.15, 0.2) is 30.5 Å². The van der Waals surface area contributed by atoms with Crippen LogP contribution in [0.1, 0.15) is 5.56 Å². The molecule has 0 saturated carbocycles. The number of aromatic nitrogens is 2. The van der Waals surface area contributed by atoms with E-state index >= 15 is 0 Å². The Hall–Kier alpha value is -1.81. The molecule has 0 aliphatic heterocycles. The molecule has 2 aromatic rings. The molecular formula is C11H11ClN4. The first-order chi connectivity index (χ1) is 7.65. The number of hydrogen-bond donors (Lipinski definition) is 2. The second kappa shape index (κ2) is 4.37. The zero-order chi connectivity index (χ0) is 11.5. The van der Waals surface area contributed by atoms with E-state index in [-0.39, 0.29) is 0 Å². The summed E-state index contributed by atoms with van der Waals surface area (Å²) in [4.78, 5) is 0. The maximum Gasteiger partial charge on any atom is 0.153 e. The van der Waals surface area contributed by atoms with Crippen molar-refractivity contribution in [1.82, 2.24) is 10.2 Å². The molecule has 5 heteroatoms. The third-order valence-corrected chi connectivity index (χ3v) is 2.37. The minimum Gasteiger partial charge on any atom is -0.399 e. The number of nitrogens with two attached hydrogens (primary N) is 1. The van der Waals surface area contributed by atoms with E-state index in [4.69, 9.17) is 17.3 Å². The van der Waals surface area contributed by atoms with E-state index in [0.717, 1.165) is 11.3 Å². The van der Waals surface area contributed by atoms with Crippen LogP contribution >= 0.6 is 11.6 Å². The lowest BCUT2D eigenvalue weighted by atomic mass is 10.2. The first-order valence-electron chi connectivity index (χ1n) is 4.76. The van der Waals surface area contributed by atoms with Crippen LogP contribution in [0, 0.1) is 6.92 Å². The number of nitrogens with one attached hydrogen (secondary N) is 1. The Morgan fingerprint density at radius 1 is 1.31 bits per heavy atom. The van der Waals surface area contributed by atoms with Crippen molar-refractivity contribution < 1.29 is 0 Å². The number of nitrogen functional groups attached to an aromatic ring is 1. The highest BCUT2D eigenvalue weighted by Crippen LogP contribution is 2.26. The average molecular weight is 235 g/mol. The smallest absolute Gasteiger partial charge is 0.153 e. The molecule has 1 aromatic carbocycles. The molecule has 0 radical (unpaired) electrons. The minimum absolute atomic E-state index is 0.595. The third-order valence-electron chi connectivity index (χ3n) is 2.04. The largest absolute Gasteiger partial charge is 0.399 e. The molecule has 16 heavy (non-hydrogen) atoms. The lowest BCUT2D eigenvalue weighted by Crippen LogP contribution is -1.97. The molecular weight excluding hydrogens is 224 g/mol. The molecule has 2 rings (SSSR count). The first-order valence-corrected chi connectivity index (χ1v) is 5.14. The van der Waals surface area contributed by atoms with Gasteiger partial charge in [0.25, 0.3) is 0 Å². The Morgan fingerprint density at radius 3 is 2.88 bits per heavy atom. The molecule has 1 aromatic heterocycles. The molecule has 0 aliphatic rings. The van der Waals surface area contributed by atoms with Crippen molar-refractivity contribution in [2.75, 3.05) is 11.1 Å². The van der Waals surface area contributed by atoms with E-state index in [1.54, 1.807) is 24.4 Å². The number of nitrogens with zero attached hydrogens (tertiary/aromatic N) is 2. The summed E-state index contributed by atoms with van der Waals surface area (Å²) in [5.74, 6) is 0.646. The van der Waals surface area contributed by atoms with E-state index in [2.05, 4.69) is 15.5 Å². The van der Waals surface area contributed by atoms with Crippen LogP contribution in [0.25, 0.3) is 0 Å². The number of halogens is 1. The Morgan fingerprint density at radius 2 is 2.12 bits per heavy atom. The predicted octanol–water partition coefficient (Wildman–Crippen LogP) is 2.76. The van der Waals surface area contributed by atoms with E-state index in [1.165, 1.54) is 0 Å². The number of hydrogen-bond acceptors (Lipinski definition) is 4. The fourth-order valence-corrected chi connectivity index (χ4v) is 1.47. The lowest BCUT2D eigenvalue weighted by Gasteiger charge is -2.08. The highest BCUT2D eigenvalue weighted by Gasteiger charge is 2.02. The molecule has 0 amide bonds. The third kappa shape index (κ3) is 2.41. The van der Waals surface area contributed by atoms with Crippen LogP contribution in [0.2, 0.25) is 5.02 Å². The Balaban J connectivity index is 2.30. The van der Waals surface area contributed by atoms with Gasteiger partial charge in [0.1, 0.15) is 0 Å². The molecule has 1 heterocycles. The zero-order valence-electron chi connectivity index (χ0n) is 8.74. The van der Waals surface area contributed by atoms with Gasteiger partial charge in [-0.2, -0.15) is 5.10 Å². The molecule has 82 valence electrons. The van der Waals surface area contributed by atoms with Crippen molar-refractivity contribution in [3.63, 3.8) is 0 Å². The number of rotatable bonds is 2. The van der Waals surface area contributed by atoms with Crippen LogP contribution in [-0.4, -0.2) is 10.2 Å². The van der Waals surface area contributed by atoms with Crippen LogP contribution in [-0.2, 0) is 0 Å². The van der Waals surface area contributed by atoms with Crippen molar-refractivity contribution in [1.29, 1.82) is 0 Å². The topological polar surface area (TPSA) is 63.8 Å². The van der Waals surface area contributed by atoms with Gasteiger partial charge in [-0.15, -0.1) is 5.10 Å². The van der Waals surface area contributed by atoms with Crippen molar-refractivity contribution in [2.24, 2.45) is 0 Å². The summed E-state index contributed by atoms with van der Waals surface area (Å²) in [5.41, 5.74) is 8.07. The SMILES string of the molecule is Cc1cnnc(Nc2cc(N)ccc2Cl)c1. The van der Waals surface area contributed by atoms with Crippen molar-refractivity contribution >= 4 is 28.8 Å². The summed E-state index contributed by atoms with van der Waals surface area (Å²) in [7, 11) is 0. The number of anilines is 3. The maximum absolute atomic E-state index is 6.02. The van der Waals surface area contributed by atoms with Crippen molar-refractivity contribution in [2.45, 2.75) is 6.92 Å². The zero-order valence-corrected chi connectivity index (χ0v) is 9.49. The Labute approximate surface area is 98.5 Å². The molecule has 0 unspecified atom stereocenters. The second-order valence-corrected chi connectivity index (χ2v) is 3.89. The lowest BCUT2D eigenvalue weighted by molar-refractivity contribution is 1.02. The van der Waals surface area contributed by atoms with Gasteiger partial charge in [0.2, 0.25) is 0 Å². The molecule has 3 N–H and O–H groups in total. The molecule has 0 spiro atoms. The van der Waals surface area contributed by atoms with E-state index in [9.17, 15) is 0 Å². The summed E-state index contributed by atoms with van der Waals surface area (Å²) >= 11 is 6.02. The van der Waals surface area contributed by atoms with Gasteiger partial charge in [-0.05, 0) is 36.8 Å². The van der Waals surface area contributed by atoms with Gasteiger partial charge in [0.15, 0.2) is 5.82 Å². The van der Waals surface area contributed by atoms with Gasteiger partial charge in [-0.3, -0.25) is 0 Å². The van der Waals surface area contributed by atoms with Crippen LogP contribution in [0.5, 0.6) is 0 Å². The number of benzene rings is 1. The highest BCUT2D eigenvalue weighted by molar-refractivity contribution is 6.33. The fourth-order valence-electron chi connectivity index (χ4n) is 1.30. The van der Waals surface area contributed by atoms with Gasteiger partial charge in [0, 0.05) is 5.69 Å². The van der Waals surface area contributed by atoms with E-state index in [0.29, 0.717) is 16.5 Å². The monoisotopic (exact) mass is 234 g/mol. The quantitative estimate of drug-likeness (QED) is 0.785. The standard InChI is InChI=1S/C11H11ClN4/c1-7-4-11(16-14-6-7)15-10-5-8(13)2-3-9(10)12/h2-6H,13H2,1H3,(H,15,16). The average Bonchev–Trinajstić information content (AvgIpc) is 2.24. The summed E-state index contributed by atoms with van der Waals surface area (Å²) in [6, 6.07) is 7.12. The van der Waals surface area contributed by atoms with Gasteiger partial charge < -0.3 is 11.1 Å². The molecule has 4 nitrogen and oxygen atoms in total. The van der Waals surface area contributed by atoms with Gasteiger partial charge in [-0.1, -0.05) is 11.6 Å². The fraction of sp³-hybridized carbons (Fsp3) is 0.0909. The summed E-state index contributed by atoms with van der Waals surface area (Å²) in [6.07, 6.45) is 1.69. The summed E-state index contributed by atoms with van der Waals surface area (Å²) in [6.45, 7) is 1.95. The molecule has 0 saturated heterocycles. The summed E-state index contributed by atoms with van der Waals surface area (Å²) in [5, 5.41) is 11.5. The van der Waals surface area contributed by atoms with Crippen molar-refractivity contribution in [3.05, 3.63) is 41.0 Å². The van der Waals surface area contributed by atoms with Gasteiger partial charge in [0.05, 0.1) is 16.9 Å². The first kappa shape index (κ1) is 10.7. The Bertz CT molecular complexity index is 513. The van der Waals surface area contributed by atoms with Crippen LogP contribution in [0.4, 0.5) is 17.2 Å². The molecule has 0 bridgehead atoms. The molecule has 0 fully saturated rings. The van der Waals surface area contributed by atoms with Crippen molar-refractivity contribution in [3.8, 4) is 0 Å². The van der Waals surface area contributed by atoms with E-state index in [1.807, 2.05) is 13.0 Å². The predicted molar refractivity (Wildman–Crippen MR) is 65.9 cm³/mol. The highest BCUT2D eigenvalue weighted by atomic mass is 35.5. The van der Waals surface area contributed by atoms with Gasteiger partial charge in [-0.25, -0.2) is 0 Å². The van der Waals surface area contributed by atoms with Crippen LogP contribution < -0.4 is 11.1 Å². The molecule has 0 aliphatic carbocycles. The molecule has 0 atom stereocenters. The minimum atomic E-state index is 0.595. The van der Waals surface area contributed by atoms with E-state index < -0.39 is 0 Å². The Kier molecular flexibility index (Phi) is 2.92. The maximum atomic E-state index is 6.02.